The van der Waals surface area contributed by atoms with Crippen LogP contribution >= 0.6 is 11.3 Å². The van der Waals surface area contributed by atoms with E-state index in [4.69, 9.17) is 4.74 Å². The van der Waals surface area contributed by atoms with E-state index >= 15 is 0 Å². The monoisotopic (exact) mass is 427 g/mol. The normalized spacial score (nSPS) is 20.1. The number of carbonyl (C=O) groups is 4. The lowest BCUT2D eigenvalue weighted by Gasteiger charge is -2.32. The van der Waals surface area contributed by atoms with Crippen molar-refractivity contribution >= 4 is 40.2 Å². The average Bonchev–Trinajstić information content (AvgIpc) is 3.27. The molecule has 1 aromatic heterocycles. The summed E-state index contributed by atoms with van der Waals surface area (Å²) < 4.78 is 4.97. The topological polar surface area (TPSA) is 105 Å². The van der Waals surface area contributed by atoms with E-state index in [1.54, 1.807) is 18.4 Å². The maximum atomic E-state index is 13.1. The first-order chi connectivity index (χ1) is 14.4. The summed E-state index contributed by atoms with van der Waals surface area (Å²) >= 11 is 1.17. The summed E-state index contributed by atoms with van der Waals surface area (Å²) in [7, 11) is 0. The van der Waals surface area contributed by atoms with Gasteiger partial charge in [-0.1, -0.05) is 24.3 Å². The van der Waals surface area contributed by atoms with E-state index in [0.717, 1.165) is 10.5 Å². The van der Waals surface area contributed by atoms with Crippen molar-refractivity contribution in [3.05, 3.63) is 52.4 Å². The molecule has 1 atom stereocenters. The van der Waals surface area contributed by atoms with Gasteiger partial charge in [0.2, 0.25) is 5.91 Å². The van der Waals surface area contributed by atoms with Crippen LogP contribution in [-0.4, -0.2) is 47.4 Å². The summed E-state index contributed by atoms with van der Waals surface area (Å²) in [5.41, 5.74) is 1.43. The van der Waals surface area contributed by atoms with Gasteiger partial charge in [-0.05, 0) is 42.3 Å². The molecular formula is C21H21N3O5S. The molecule has 1 fully saturated rings. The molecule has 2 aromatic rings. The van der Waals surface area contributed by atoms with Crippen molar-refractivity contribution in [3.63, 3.8) is 0 Å². The first-order valence-corrected chi connectivity index (χ1v) is 10.6. The van der Waals surface area contributed by atoms with Crippen molar-refractivity contribution in [1.82, 2.24) is 10.2 Å². The number of nitrogens with one attached hydrogen (secondary N) is 2. The van der Waals surface area contributed by atoms with Crippen LogP contribution in [-0.2, 0) is 27.2 Å². The molecule has 30 heavy (non-hydrogen) atoms. The first-order valence-electron chi connectivity index (χ1n) is 9.69. The zero-order valence-electron chi connectivity index (χ0n) is 16.4. The number of imide groups is 1. The van der Waals surface area contributed by atoms with E-state index in [9.17, 15) is 19.2 Å². The predicted molar refractivity (Wildman–Crippen MR) is 110 cm³/mol. The molecule has 1 aromatic carbocycles. The number of anilines is 1. The van der Waals surface area contributed by atoms with Gasteiger partial charge in [0.1, 0.15) is 17.1 Å². The van der Waals surface area contributed by atoms with Crippen molar-refractivity contribution in [2.45, 2.75) is 31.7 Å². The molecule has 1 unspecified atom stereocenters. The molecule has 2 aliphatic rings. The molecule has 0 radical (unpaired) electrons. The Balaban J connectivity index is 1.45. The van der Waals surface area contributed by atoms with Gasteiger partial charge in [-0.25, -0.2) is 9.59 Å². The van der Waals surface area contributed by atoms with Crippen LogP contribution in [0.3, 0.4) is 0 Å². The third-order valence-corrected chi connectivity index (χ3v) is 6.22. The van der Waals surface area contributed by atoms with Gasteiger partial charge < -0.3 is 15.4 Å². The summed E-state index contributed by atoms with van der Waals surface area (Å²) in [6.45, 7) is 1.49. The van der Waals surface area contributed by atoms with Crippen molar-refractivity contribution in [2.75, 3.05) is 18.5 Å². The second-order valence-corrected chi connectivity index (χ2v) is 8.20. The molecular weight excluding hydrogens is 406 g/mol. The molecule has 0 saturated carbocycles. The Bertz CT molecular complexity index is 1030. The quantitative estimate of drug-likeness (QED) is 0.563. The Hall–Kier alpha value is -3.20. The van der Waals surface area contributed by atoms with Gasteiger partial charge in [-0.2, -0.15) is 0 Å². The fraction of sp³-hybridized carbons (Fsp3) is 0.333. The molecule has 4 rings (SSSR count). The van der Waals surface area contributed by atoms with E-state index in [0.29, 0.717) is 24.3 Å². The lowest BCUT2D eigenvalue weighted by Crippen LogP contribution is -2.51. The number of fused-ring (bicyclic) bond motifs is 1. The van der Waals surface area contributed by atoms with Crippen molar-refractivity contribution in [2.24, 2.45) is 0 Å². The third-order valence-electron chi connectivity index (χ3n) is 5.39. The number of nitrogens with zero attached hydrogens (tertiary/aromatic N) is 1. The molecule has 8 nitrogen and oxygen atoms in total. The minimum absolute atomic E-state index is 0.218. The Morgan fingerprint density at radius 3 is 2.77 bits per heavy atom. The van der Waals surface area contributed by atoms with E-state index < -0.39 is 35.9 Å². The van der Waals surface area contributed by atoms with Gasteiger partial charge >= 0.3 is 12.0 Å². The number of esters is 1. The zero-order valence-corrected chi connectivity index (χ0v) is 17.2. The summed E-state index contributed by atoms with van der Waals surface area (Å²) in [6.07, 6.45) is 1.58. The number of ether oxygens (including phenoxy) is 1. The highest BCUT2D eigenvalue weighted by Crippen LogP contribution is 2.33. The molecule has 4 amide bonds. The van der Waals surface area contributed by atoms with Gasteiger partial charge in [-0.3, -0.25) is 14.5 Å². The number of amides is 4. The molecule has 1 aliphatic carbocycles. The van der Waals surface area contributed by atoms with Crippen molar-refractivity contribution in [3.8, 4) is 0 Å². The zero-order chi connectivity index (χ0) is 21.3. The molecule has 1 spiro atoms. The van der Waals surface area contributed by atoms with E-state index in [1.807, 2.05) is 24.3 Å². The predicted octanol–water partition coefficient (Wildman–Crippen LogP) is 2.34. The summed E-state index contributed by atoms with van der Waals surface area (Å²) in [5.74, 6) is -1.49. The Morgan fingerprint density at radius 1 is 1.23 bits per heavy atom. The maximum absolute atomic E-state index is 13.1. The lowest BCUT2D eigenvalue weighted by atomic mass is 9.78. The molecule has 156 valence electrons. The fourth-order valence-corrected chi connectivity index (χ4v) is 4.72. The number of aryl methyl sites for hydroxylation is 1. The summed E-state index contributed by atoms with van der Waals surface area (Å²) in [6, 6.07) is 8.83. The molecule has 2 heterocycles. The van der Waals surface area contributed by atoms with E-state index in [-0.39, 0.29) is 12.2 Å². The first kappa shape index (κ1) is 20.1. The van der Waals surface area contributed by atoms with Crippen LogP contribution in [0, 0.1) is 0 Å². The largest absolute Gasteiger partial charge is 0.462 e. The smallest absolute Gasteiger partial charge is 0.341 e. The van der Waals surface area contributed by atoms with Crippen LogP contribution in [0.5, 0.6) is 0 Å². The average molecular weight is 427 g/mol. The van der Waals surface area contributed by atoms with Crippen molar-refractivity contribution in [1.29, 1.82) is 0 Å². The highest BCUT2D eigenvalue weighted by Gasteiger charge is 2.52. The number of urea groups is 1. The van der Waals surface area contributed by atoms with Gasteiger partial charge in [0.05, 0.1) is 12.2 Å². The van der Waals surface area contributed by atoms with Crippen LogP contribution < -0.4 is 10.6 Å². The van der Waals surface area contributed by atoms with E-state index in [2.05, 4.69) is 10.6 Å². The van der Waals surface area contributed by atoms with Crippen LogP contribution in [0.15, 0.2) is 35.7 Å². The van der Waals surface area contributed by atoms with Crippen LogP contribution in [0.4, 0.5) is 9.80 Å². The Kier molecular flexibility index (Phi) is 5.29. The Labute approximate surface area is 177 Å². The molecule has 2 N–H and O–H groups in total. The minimum atomic E-state index is -1.01. The van der Waals surface area contributed by atoms with Gasteiger partial charge in [0.25, 0.3) is 5.91 Å². The highest BCUT2D eigenvalue weighted by molar-refractivity contribution is 7.14. The third kappa shape index (κ3) is 3.56. The summed E-state index contributed by atoms with van der Waals surface area (Å²) in [4.78, 5) is 51.0. The number of benzene rings is 1. The highest BCUT2D eigenvalue weighted by atomic mass is 32.1. The Morgan fingerprint density at radius 2 is 2.00 bits per heavy atom. The van der Waals surface area contributed by atoms with Crippen LogP contribution in [0.1, 0.15) is 34.8 Å². The second-order valence-electron chi connectivity index (χ2n) is 7.28. The van der Waals surface area contributed by atoms with Gasteiger partial charge in [-0.15, -0.1) is 11.3 Å². The number of rotatable bonds is 5. The fourth-order valence-electron chi connectivity index (χ4n) is 3.93. The van der Waals surface area contributed by atoms with Crippen LogP contribution in [0.25, 0.3) is 0 Å². The minimum Gasteiger partial charge on any atom is -0.462 e. The van der Waals surface area contributed by atoms with Gasteiger partial charge in [0.15, 0.2) is 0 Å². The molecule has 9 heteroatoms. The molecule has 0 bridgehead atoms. The number of hydrogen-bond donors (Lipinski definition) is 2. The number of hydrogen-bond acceptors (Lipinski definition) is 6. The van der Waals surface area contributed by atoms with Gasteiger partial charge in [0, 0.05) is 6.42 Å². The van der Waals surface area contributed by atoms with Crippen molar-refractivity contribution < 1.29 is 23.9 Å². The van der Waals surface area contributed by atoms with E-state index in [1.165, 1.54) is 16.9 Å². The van der Waals surface area contributed by atoms with Crippen LogP contribution in [0.2, 0.25) is 0 Å². The molecule has 1 aliphatic heterocycles. The molecule has 1 saturated heterocycles. The number of thiophene rings is 1. The standard InChI is InChI=1S/C21H21N3O5S/c1-2-29-18(26)15-8-10-30-17(15)22-16(25)12-24-19(27)21(23-20(24)28)9-7-13-5-3-4-6-14(13)11-21/h3-6,8,10H,2,7,9,11-12H2,1H3,(H,22,25)(H,23,28). The number of carbonyl (C=O) groups excluding carboxylic acids is 4. The summed E-state index contributed by atoms with van der Waals surface area (Å²) in [5, 5.41) is 7.40. The SMILES string of the molecule is CCOC(=O)c1ccsc1NC(=O)CN1C(=O)NC2(CCc3ccccc3C2)C1=O. The second kappa shape index (κ2) is 7.91. The lowest BCUT2D eigenvalue weighted by molar-refractivity contribution is -0.134. The maximum Gasteiger partial charge on any atom is 0.341 e.